The van der Waals surface area contributed by atoms with Gasteiger partial charge in [0, 0.05) is 35.2 Å². The molecule has 1 aliphatic rings. The Morgan fingerprint density at radius 2 is 1.87 bits per heavy atom. The van der Waals surface area contributed by atoms with E-state index in [0.717, 1.165) is 28.2 Å². The van der Waals surface area contributed by atoms with Crippen LogP contribution < -0.4 is 21.7 Å². The monoisotopic (exact) mass is 402 g/mol. The molecule has 0 radical (unpaired) electrons. The molecular weight excluding hydrogens is 384 g/mol. The summed E-state index contributed by atoms with van der Waals surface area (Å²) in [4.78, 5) is 34.4. The average Bonchev–Trinajstić information content (AvgIpc) is 3.10. The molecule has 3 heterocycles. The van der Waals surface area contributed by atoms with E-state index < -0.39 is 5.76 Å². The fraction of sp³-hybridized carbons (Fsp3) is 0.143. The Labute approximate surface area is 170 Å². The molecule has 0 atom stereocenters. The zero-order valence-corrected chi connectivity index (χ0v) is 16.1. The van der Waals surface area contributed by atoms with Crippen molar-refractivity contribution in [2.45, 2.75) is 19.8 Å². The minimum absolute atomic E-state index is 0.0403. The number of fused-ring (bicyclic) bond motifs is 2. The quantitative estimate of drug-likeness (QED) is 0.411. The van der Waals surface area contributed by atoms with Gasteiger partial charge in [-0.15, -0.1) is 0 Å². The van der Waals surface area contributed by atoms with Crippen molar-refractivity contribution < 1.29 is 9.21 Å². The van der Waals surface area contributed by atoms with E-state index >= 15 is 0 Å². The highest BCUT2D eigenvalue weighted by Gasteiger charge is 2.15. The van der Waals surface area contributed by atoms with E-state index in [9.17, 15) is 9.59 Å². The number of carbonyl (C=O) groups is 1. The van der Waals surface area contributed by atoms with Crippen LogP contribution in [0.5, 0.6) is 0 Å². The minimum Gasteiger partial charge on any atom is -0.408 e. The number of oxazole rings is 1. The Hall–Kier alpha value is -4.14. The van der Waals surface area contributed by atoms with Crippen LogP contribution in [0.2, 0.25) is 0 Å². The summed E-state index contributed by atoms with van der Waals surface area (Å²) in [6.45, 7) is 1.91. The molecule has 5 rings (SSSR count). The Morgan fingerprint density at radius 1 is 1.03 bits per heavy atom. The molecule has 2 aromatic carbocycles. The number of nitrogens with one attached hydrogen (secondary N) is 4. The lowest BCUT2D eigenvalue weighted by Gasteiger charge is -2.18. The molecule has 4 aromatic rings. The Balaban J connectivity index is 1.39. The van der Waals surface area contributed by atoms with Gasteiger partial charge in [-0.2, -0.15) is 4.98 Å². The number of aromatic amines is 1. The van der Waals surface area contributed by atoms with Crippen LogP contribution >= 0.6 is 0 Å². The number of aryl methyl sites for hydroxylation is 2. The normalized spacial score (nSPS) is 13.0. The summed E-state index contributed by atoms with van der Waals surface area (Å²) < 4.78 is 5.03. The first kappa shape index (κ1) is 17.9. The number of rotatable bonds is 4. The van der Waals surface area contributed by atoms with Gasteiger partial charge in [0.25, 0.3) is 0 Å². The second-order valence-corrected chi connectivity index (χ2v) is 7.12. The summed E-state index contributed by atoms with van der Waals surface area (Å²) >= 11 is 0. The molecule has 2 aromatic heterocycles. The average molecular weight is 402 g/mol. The van der Waals surface area contributed by atoms with Crippen LogP contribution in [0, 0.1) is 6.92 Å². The number of benzene rings is 2. The van der Waals surface area contributed by atoms with Crippen molar-refractivity contribution in [1.29, 1.82) is 0 Å². The van der Waals surface area contributed by atoms with Crippen molar-refractivity contribution in [2.75, 3.05) is 16.0 Å². The van der Waals surface area contributed by atoms with E-state index in [1.165, 1.54) is 0 Å². The first-order valence-electron chi connectivity index (χ1n) is 9.47. The van der Waals surface area contributed by atoms with Gasteiger partial charge in [0.2, 0.25) is 11.9 Å². The highest BCUT2D eigenvalue weighted by molar-refractivity contribution is 5.94. The van der Waals surface area contributed by atoms with Crippen LogP contribution in [0.15, 0.2) is 51.8 Å². The summed E-state index contributed by atoms with van der Waals surface area (Å²) in [6.07, 6.45) is 2.92. The second kappa shape index (κ2) is 7.03. The van der Waals surface area contributed by atoms with Crippen LogP contribution in [0.3, 0.4) is 0 Å². The van der Waals surface area contributed by atoms with Gasteiger partial charge >= 0.3 is 5.76 Å². The number of amides is 1. The maximum absolute atomic E-state index is 11.5. The van der Waals surface area contributed by atoms with Crippen LogP contribution in [0.4, 0.5) is 28.8 Å². The lowest BCUT2D eigenvalue weighted by Crippen LogP contribution is -2.18. The van der Waals surface area contributed by atoms with Gasteiger partial charge in [0.05, 0.1) is 5.52 Å². The number of hydrogen-bond acceptors (Lipinski definition) is 7. The summed E-state index contributed by atoms with van der Waals surface area (Å²) in [7, 11) is 0. The molecule has 9 nitrogen and oxygen atoms in total. The predicted molar refractivity (Wildman–Crippen MR) is 114 cm³/mol. The molecule has 9 heteroatoms. The van der Waals surface area contributed by atoms with E-state index in [4.69, 9.17) is 4.42 Å². The second-order valence-electron chi connectivity index (χ2n) is 7.12. The summed E-state index contributed by atoms with van der Waals surface area (Å²) in [5.41, 5.74) is 5.50. The van der Waals surface area contributed by atoms with Crippen molar-refractivity contribution in [3.8, 4) is 0 Å². The summed E-state index contributed by atoms with van der Waals surface area (Å²) in [6, 6.07) is 11.1. The predicted octanol–water partition coefficient (Wildman–Crippen LogP) is 3.59. The highest BCUT2D eigenvalue weighted by atomic mass is 16.4. The molecule has 1 amide bonds. The van der Waals surface area contributed by atoms with Gasteiger partial charge < -0.3 is 20.4 Å². The molecule has 1 aliphatic heterocycles. The van der Waals surface area contributed by atoms with E-state index in [1.54, 1.807) is 18.3 Å². The first-order chi connectivity index (χ1) is 14.5. The number of carbonyl (C=O) groups excluding carboxylic acids is 1. The van der Waals surface area contributed by atoms with Gasteiger partial charge in [0.1, 0.15) is 5.82 Å². The number of anilines is 5. The van der Waals surface area contributed by atoms with E-state index in [-0.39, 0.29) is 5.91 Å². The SMILES string of the molecule is Cc1cnc(Nc2ccc3c(c2)CCC(=O)N3)nc1Nc1ccc2oc(=O)[nH]c2c1. The van der Waals surface area contributed by atoms with Gasteiger partial charge in [-0.05, 0) is 55.3 Å². The number of H-pyrrole nitrogens is 1. The van der Waals surface area contributed by atoms with E-state index in [2.05, 4.69) is 30.9 Å². The lowest BCUT2D eigenvalue weighted by molar-refractivity contribution is -0.116. The molecule has 0 saturated carbocycles. The van der Waals surface area contributed by atoms with Crippen molar-refractivity contribution in [3.05, 3.63) is 64.3 Å². The third-order valence-electron chi connectivity index (χ3n) is 4.91. The fourth-order valence-corrected chi connectivity index (χ4v) is 3.39. The van der Waals surface area contributed by atoms with Gasteiger partial charge in [-0.25, -0.2) is 9.78 Å². The lowest BCUT2D eigenvalue weighted by atomic mass is 10.0. The number of nitrogens with zero attached hydrogens (tertiary/aromatic N) is 2. The topological polar surface area (TPSA) is 125 Å². The standard InChI is InChI=1S/C21H18N6O3/c1-11-10-22-20(24-13-3-5-15-12(8-13)2-7-18(28)25-15)27-19(11)23-14-4-6-17-16(9-14)26-21(29)30-17/h3-6,8-10H,2,7H2,1H3,(H,25,28)(H,26,29)(H2,22,23,24,27). The van der Waals surface area contributed by atoms with E-state index in [0.29, 0.717) is 35.7 Å². The van der Waals surface area contributed by atoms with Crippen molar-refractivity contribution in [2.24, 2.45) is 0 Å². The third kappa shape index (κ3) is 3.48. The zero-order valence-electron chi connectivity index (χ0n) is 16.1. The van der Waals surface area contributed by atoms with Crippen LogP contribution in [-0.2, 0) is 11.2 Å². The minimum atomic E-state index is -0.489. The van der Waals surface area contributed by atoms with E-state index in [1.807, 2.05) is 31.2 Å². The maximum Gasteiger partial charge on any atom is 0.417 e. The fourth-order valence-electron chi connectivity index (χ4n) is 3.39. The Bertz CT molecular complexity index is 1340. The van der Waals surface area contributed by atoms with Crippen LogP contribution in [-0.4, -0.2) is 20.9 Å². The molecule has 0 unspecified atom stereocenters. The number of hydrogen-bond donors (Lipinski definition) is 4. The molecule has 150 valence electrons. The van der Waals surface area contributed by atoms with Crippen molar-refractivity contribution in [1.82, 2.24) is 15.0 Å². The van der Waals surface area contributed by atoms with Gasteiger partial charge in [-0.1, -0.05) is 0 Å². The largest absolute Gasteiger partial charge is 0.417 e. The summed E-state index contributed by atoms with van der Waals surface area (Å²) in [5.74, 6) is 0.638. The smallest absolute Gasteiger partial charge is 0.408 e. The molecule has 0 saturated heterocycles. The zero-order chi connectivity index (χ0) is 20.7. The molecule has 0 fully saturated rings. The molecule has 0 aliphatic carbocycles. The van der Waals surface area contributed by atoms with Crippen LogP contribution in [0.1, 0.15) is 17.5 Å². The Morgan fingerprint density at radius 3 is 2.77 bits per heavy atom. The molecule has 4 N–H and O–H groups in total. The van der Waals surface area contributed by atoms with Crippen molar-refractivity contribution in [3.63, 3.8) is 0 Å². The molecule has 30 heavy (non-hydrogen) atoms. The van der Waals surface area contributed by atoms with Gasteiger partial charge in [0.15, 0.2) is 5.58 Å². The maximum atomic E-state index is 11.5. The first-order valence-corrected chi connectivity index (χ1v) is 9.47. The summed E-state index contributed by atoms with van der Waals surface area (Å²) in [5, 5.41) is 9.34. The highest BCUT2D eigenvalue weighted by Crippen LogP contribution is 2.28. The number of aromatic nitrogens is 3. The van der Waals surface area contributed by atoms with Crippen LogP contribution in [0.25, 0.3) is 11.1 Å². The van der Waals surface area contributed by atoms with Gasteiger partial charge in [-0.3, -0.25) is 9.78 Å². The Kier molecular flexibility index (Phi) is 4.20. The molecule has 0 bridgehead atoms. The molecular formula is C21H18N6O3. The molecule has 0 spiro atoms. The third-order valence-corrected chi connectivity index (χ3v) is 4.91. The van der Waals surface area contributed by atoms with Crippen molar-refractivity contribution >= 4 is 45.8 Å².